The molecule has 1 heterocycles. The minimum absolute atomic E-state index is 0.210. The molecule has 17 heavy (non-hydrogen) atoms. The number of nitrogens with two attached hydrogens (primary N) is 1. The molecule has 0 aromatic heterocycles. The number of aliphatic hydroxyl groups excluding tert-OH is 1. The van der Waals surface area contributed by atoms with Crippen LogP contribution >= 0.6 is 0 Å². The maximum absolute atomic E-state index is 10.2. The highest BCUT2D eigenvalue weighted by molar-refractivity contribution is 5.41. The zero-order chi connectivity index (χ0) is 12.5. The summed E-state index contributed by atoms with van der Waals surface area (Å²) in [7, 11) is 0. The second-order valence-corrected chi connectivity index (χ2v) is 5.55. The Kier molecular flexibility index (Phi) is 3.40. The zero-order valence-electron chi connectivity index (χ0n) is 10.7. The third-order valence-electron chi connectivity index (χ3n) is 3.76. The lowest BCUT2D eigenvalue weighted by Crippen LogP contribution is -2.40. The van der Waals surface area contributed by atoms with E-state index in [2.05, 4.69) is 18.7 Å². The van der Waals surface area contributed by atoms with Crippen LogP contribution in [0.5, 0.6) is 0 Å². The second kappa shape index (κ2) is 4.67. The first-order valence-corrected chi connectivity index (χ1v) is 6.27. The van der Waals surface area contributed by atoms with E-state index in [1.165, 1.54) is 12.8 Å². The summed E-state index contributed by atoms with van der Waals surface area (Å²) in [6.45, 7) is 6.25. The molecule has 3 N–H and O–H groups in total. The van der Waals surface area contributed by atoms with Crippen LogP contribution in [0.25, 0.3) is 0 Å². The second-order valence-electron chi connectivity index (χ2n) is 5.55. The number of benzene rings is 1. The summed E-state index contributed by atoms with van der Waals surface area (Å²) >= 11 is 0. The molecule has 2 rings (SSSR count). The lowest BCUT2D eigenvalue weighted by molar-refractivity contribution is 0.0779. The molecule has 1 aromatic carbocycles. The Morgan fingerprint density at radius 3 is 2.82 bits per heavy atom. The Morgan fingerprint density at radius 2 is 2.24 bits per heavy atom. The van der Waals surface area contributed by atoms with E-state index in [0.717, 1.165) is 12.1 Å². The first kappa shape index (κ1) is 12.4. The number of nitrogen functional groups attached to an aromatic ring is 1. The Balaban J connectivity index is 2.04. The van der Waals surface area contributed by atoms with Gasteiger partial charge in [0, 0.05) is 17.8 Å². The van der Waals surface area contributed by atoms with Gasteiger partial charge in [0.05, 0.1) is 6.10 Å². The van der Waals surface area contributed by atoms with Crippen LogP contribution in [0.4, 0.5) is 5.69 Å². The van der Waals surface area contributed by atoms with E-state index in [4.69, 9.17) is 5.73 Å². The Morgan fingerprint density at radius 1 is 1.47 bits per heavy atom. The molecule has 1 saturated heterocycles. The molecule has 94 valence electrons. The van der Waals surface area contributed by atoms with Gasteiger partial charge >= 0.3 is 0 Å². The third kappa shape index (κ3) is 2.79. The molecule has 0 bridgehead atoms. The number of nitrogens with zero attached hydrogens (tertiary/aromatic N) is 1. The summed E-state index contributed by atoms with van der Waals surface area (Å²) in [4.78, 5) is 2.36. The van der Waals surface area contributed by atoms with E-state index in [-0.39, 0.29) is 5.54 Å². The van der Waals surface area contributed by atoms with Gasteiger partial charge in [-0.15, -0.1) is 0 Å². The number of aliphatic hydroxyl groups is 1. The van der Waals surface area contributed by atoms with Gasteiger partial charge in [-0.05, 0) is 50.9 Å². The number of likely N-dealkylation sites (tertiary alicyclic amines) is 1. The quantitative estimate of drug-likeness (QED) is 0.788. The van der Waals surface area contributed by atoms with E-state index < -0.39 is 6.10 Å². The molecular formula is C14H22N2O. The van der Waals surface area contributed by atoms with Crippen LogP contribution in [-0.2, 0) is 0 Å². The predicted molar refractivity (Wildman–Crippen MR) is 70.7 cm³/mol. The number of hydrogen-bond donors (Lipinski definition) is 2. The lowest BCUT2D eigenvalue weighted by Gasteiger charge is -2.33. The van der Waals surface area contributed by atoms with Crippen LogP contribution in [0.3, 0.4) is 0 Å². The number of hydrogen-bond acceptors (Lipinski definition) is 3. The Bertz CT molecular complexity index is 390. The summed E-state index contributed by atoms with van der Waals surface area (Å²) in [6.07, 6.45) is 1.98. The zero-order valence-corrected chi connectivity index (χ0v) is 10.7. The molecule has 1 aliphatic rings. The molecule has 0 amide bonds. The van der Waals surface area contributed by atoms with E-state index >= 15 is 0 Å². The Labute approximate surface area is 103 Å². The van der Waals surface area contributed by atoms with Gasteiger partial charge in [0.15, 0.2) is 0 Å². The Hall–Kier alpha value is -1.06. The van der Waals surface area contributed by atoms with Gasteiger partial charge in [-0.25, -0.2) is 0 Å². The topological polar surface area (TPSA) is 49.5 Å². The van der Waals surface area contributed by atoms with Crippen molar-refractivity contribution in [2.45, 2.75) is 38.3 Å². The average molecular weight is 234 g/mol. The summed E-state index contributed by atoms with van der Waals surface area (Å²) < 4.78 is 0. The fraction of sp³-hybridized carbons (Fsp3) is 0.571. The van der Waals surface area contributed by atoms with Gasteiger partial charge < -0.3 is 10.8 Å². The van der Waals surface area contributed by atoms with Crippen LogP contribution in [0.2, 0.25) is 0 Å². The molecule has 1 fully saturated rings. The van der Waals surface area contributed by atoms with E-state index in [9.17, 15) is 5.11 Å². The van der Waals surface area contributed by atoms with Crippen LogP contribution in [0, 0.1) is 0 Å². The van der Waals surface area contributed by atoms with Crippen molar-refractivity contribution in [1.29, 1.82) is 0 Å². The molecule has 3 heteroatoms. The molecule has 0 radical (unpaired) electrons. The van der Waals surface area contributed by atoms with Gasteiger partial charge in [0.25, 0.3) is 0 Å². The molecule has 0 aliphatic carbocycles. The van der Waals surface area contributed by atoms with Crippen LogP contribution in [0.1, 0.15) is 38.4 Å². The van der Waals surface area contributed by atoms with E-state index in [0.29, 0.717) is 12.2 Å². The van der Waals surface area contributed by atoms with Gasteiger partial charge in [-0.3, -0.25) is 4.90 Å². The highest BCUT2D eigenvalue weighted by Crippen LogP contribution is 2.30. The van der Waals surface area contributed by atoms with Crippen LogP contribution in [-0.4, -0.2) is 28.6 Å². The standard InChI is InChI=1S/C14H22N2O/c1-14(2)7-4-8-16(14)10-13(17)11-5-3-6-12(15)9-11/h3,5-6,9,13,17H,4,7-8,10,15H2,1-2H3. The van der Waals surface area contributed by atoms with Crippen molar-refractivity contribution >= 4 is 5.69 Å². The largest absolute Gasteiger partial charge is 0.399 e. The lowest BCUT2D eigenvalue weighted by atomic mass is 10.0. The molecule has 3 nitrogen and oxygen atoms in total. The molecule has 1 atom stereocenters. The number of anilines is 1. The van der Waals surface area contributed by atoms with Crippen molar-refractivity contribution in [3.8, 4) is 0 Å². The average Bonchev–Trinajstić information content (AvgIpc) is 2.58. The van der Waals surface area contributed by atoms with Crippen molar-refractivity contribution in [2.75, 3.05) is 18.8 Å². The van der Waals surface area contributed by atoms with Crippen molar-refractivity contribution in [3.05, 3.63) is 29.8 Å². The highest BCUT2D eigenvalue weighted by atomic mass is 16.3. The van der Waals surface area contributed by atoms with Crippen LogP contribution < -0.4 is 5.73 Å². The maximum atomic E-state index is 10.2. The molecule has 0 spiro atoms. The first-order valence-electron chi connectivity index (χ1n) is 6.27. The third-order valence-corrected chi connectivity index (χ3v) is 3.76. The SMILES string of the molecule is CC1(C)CCCN1CC(O)c1cccc(N)c1. The molecular weight excluding hydrogens is 212 g/mol. The van der Waals surface area contributed by atoms with Gasteiger partial charge in [-0.1, -0.05) is 12.1 Å². The normalized spacial score (nSPS) is 21.6. The summed E-state index contributed by atoms with van der Waals surface area (Å²) in [5.41, 5.74) is 7.56. The van der Waals surface area contributed by atoms with Gasteiger partial charge in [0.2, 0.25) is 0 Å². The molecule has 1 aromatic rings. The number of β-amino-alcohol motifs (C(OH)–C–C–N with tert-alkyl or cyclic N) is 1. The number of rotatable bonds is 3. The highest BCUT2D eigenvalue weighted by Gasteiger charge is 2.32. The van der Waals surface area contributed by atoms with Crippen molar-refractivity contribution in [3.63, 3.8) is 0 Å². The fourth-order valence-corrected chi connectivity index (χ4v) is 2.58. The maximum Gasteiger partial charge on any atom is 0.0917 e. The summed E-state index contributed by atoms with van der Waals surface area (Å²) in [5.74, 6) is 0. The van der Waals surface area contributed by atoms with E-state index in [1.54, 1.807) is 0 Å². The monoisotopic (exact) mass is 234 g/mol. The van der Waals surface area contributed by atoms with Crippen molar-refractivity contribution < 1.29 is 5.11 Å². The van der Waals surface area contributed by atoms with Gasteiger partial charge in [0.1, 0.15) is 0 Å². The molecule has 1 unspecified atom stereocenters. The van der Waals surface area contributed by atoms with Crippen molar-refractivity contribution in [1.82, 2.24) is 4.90 Å². The minimum atomic E-state index is -0.448. The summed E-state index contributed by atoms with van der Waals surface area (Å²) in [6, 6.07) is 7.52. The summed E-state index contributed by atoms with van der Waals surface area (Å²) in [5, 5.41) is 10.2. The van der Waals surface area contributed by atoms with E-state index in [1.807, 2.05) is 24.3 Å². The predicted octanol–water partition coefficient (Wildman–Crippen LogP) is 2.18. The fourth-order valence-electron chi connectivity index (χ4n) is 2.58. The molecule has 0 saturated carbocycles. The molecule has 1 aliphatic heterocycles. The minimum Gasteiger partial charge on any atom is -0.399 e. The van der Waals surface area contributed by atoms with Crippen molar-refractivity contribution in [2.24, 2.45) is 0 Å². The first-order chi connectivity index (χ1) is 7.99. The smallest absolute Gasteiger partial charge is 0.0917 e. The van der Waals surface area contributed by atoms with Gasteiger partial charge in [-0.2, -0.15) is 0 Å². The van der Waals surface area contributed by atoms with Crippen LogP contribution in [0.15, 0.2) is 24.3 Å².